The van der Waals surface area contributed by atoms with Gasteiger partial charge in [0.05, 0.1) is 5.69 Å². The predicted octanol–water partition coefficient (Wildman–Crippen LogP) is 3.23. The Kier molecular flexibility index (Phi) is 4.09. The third kappa shape index (κ3) is 4.13. The van der Waals surface area contributed by atoms with E-state index in [9.17, 15) is 13.2 Å². The van der Waals surface area contributed by atoms with E-state index in [1.54, 1.807) is 18.3 Å². The molecule has 0 bridgehead atoms. The van der Waals surface area contributed by atoms with Gasteiger partial charge in [-0.3, -0.25) is 4.98 Å². The zero-order valence-corrected chi connectivity index (χ0v) is 10.2. The summed E-state index contributed by atoms with van der Waals surface area (Å²) in [6, 6.07) is 8.38. The van der Waals surface area contributed by atoms with E-state index < -0.39 is 6.36 Å². The summed E-state index contributed by atoms with van der Waals surface area (Å²) in [7, 11) is 0. The lowest BCUT2D eigenvalue weighted by Gasteiger charge is -2.10. The van der Waals surface area contributed by atoms with E-state index in [2.05, 4.69) is 9.72 Å². The molecule has 7 heteroatoms. The molecule has 0 unspecified atom stereocenters. The minimum atomic E-state index is -4.70. The number of nitrogens with two attached hydrogens (primary N) is 1. The van der Waals surface area contributed by atoms with Crippen LogP contribution in [0.1, 0.15) is 5.69 Å². The molecular weight excluding hydrogens is 273 g/mol. The molecule has 0 aliphatic rings. The number of alkyl halides is 3. The van der Waals surface area contributed by atoms with Gasteiger partial charge in [-0.25, -0.2) is 0 Å². The highest BCUT2D eigenvalue weighted by atomic mass is 19.4. The molecule has 0 fully saturated rings. The quantitative estimate of drug-likeness (QED) is 0.936. The lowest BCUT2D eigenvalue weighted by Crippen LogP contribution is -2.16. The van der Waals surface area contributed by atoms with Crippen molar-refractivity contribution in [1.29, 1.82) is 0 Å². The summed E-state index contributed by atoms with van der Waals surface area (Å²) >= 11 is 0. The van der Waals surface area contributed by atoms with Gasteiger partial charge in [0.1, 0.15) is 17.2 Å². The maximum absolute atomic E-state index is 12.0. The third-order valence-electron chi connectivity index (χ3n) is 2.29. The van der Waals surface area contributed by atoms with Crippen molar-refractivity contribution in [2.75, 3.05) is 0 Å². The normalized spacial score (nSPS) is 11.2. The number of pyridine rings is 1. The average molecular weight is 284 g/mol. The SMILES string of the molecule is NCc1cc(Oc2ccc(OC(F)(F)F)cc2)ccn1. The molecule has 0 spiro atoms. The summed E-state index contributed by atoms with van der Waals surface area (Å²) in [6.07, 6.45) is -3.16. The molecule has 0 radical (unpaired) electrons. The van der Waals surface area contributed by atoms with Crippen LogP contribution in [-0.4, -0.2) is 11.3 Å². The number of halogens is 3. The number of ether oxygens (including phenoxy) is 2. The van der Waals surface area contributed by atoms with Crippen molar-refractivity contribution in [3.05, 3.63) is 48.3 Å². The number of benzene rings is 1. The van der Waals surface area contributed by atoms with Gasteiger partial charge in [0, 0.05) is 18.8 Å². The van der Waals surface area contributed by atoms with E-state index in [1.807, 2.05) is 0 Å². The predicted molar refractivity (Wildman–Crippen MR) is 65.3 cm³/mol. The first-order valence-electron chi connectivity index (χ1n) is 5.65. The van der Waals surface area contributed by atoms with Gasteiger partial charge in [0.25, 0.3) is 0 Å². The van der Waals surface area contributed by atoms with Crippen LogP contribution in [0.4, 0.5) is 13.2 Å². The molecule has 20 heavy (non-hydrogen) atoms. The second-order valence-electron chi connectivity index (χ2n) is 3.81. The van der Waals surface area contributed by atoms with Gasteiger partial charge in [-0.05, 0) is 30.3 Å². The van der Waals surface area contributed by atoms with E-state index in [0.29, 0.717) is 17.2 Å². The Bertz CT molecular complexity index is 571. The molecule has 4 nitrogen and oxygen atoms in total. The van der Waals surface area contributed by atoms with E-state index in [0.717, 1.165) is 0 Å². The molecule has 0 saturated heterocycles. The molecule has 2 aromatic rings. The van der Waals surface area contributed by atoms with Crippen LogP contribution < -0.4 is 15.2 Å². The summed E-state index contributed by atoms with van der Waals surface area (Å²) in [5, 5.41) is 0. The minimum Gasteiger partial charge on any atom is -0.457 e. The number of nitrogens with zero attached hydrogens (tertiary/aromatic N) is 1. The number of aromatic nitrogens is 1. The molecule has 2 N–H and O–H groups in total. The summed E-state index contributed by atoms with van der Waals surface area (Å²) in [6.45, 7) is 0.273. The lowest BCUT2D eigenvalue weighted by molar-refractivity contribution is -0.274. The molecule has 0 aliphatic carbocycles. The summed E-state index contributed by atoms with van der Waals surface area (Å²) < 4.78 is 45.2. The molecule has 1 aromatic heterocycles. The van der Waals surface area contributed by atoms with Gasteiger partial charge in [0.15, 0.2) is 0 Å². The van der Waals surface area contributed by atoms with Gasteiger partial charge in [-0.15, -0.1) is 13.2 Å². The molecule has 0 saturated carbocycles. The first-order valence-corrected chi connectivity index (χ1v) is 5.65. The van der Waals surface area contributed by atoms with Crippen molar-refractivity contribution < 1.29 is 22.6 Å². The van der Waals surface area contributed by atoms with Crippen molar-refractivity contribution in [3.63, 3.8) is 0 Å². The van der Waals surface area contributed by atoms with Crippen LogP contribution in [0.15, 0.2) is 42.6 Å². The minimum absolute atomic E-state index is 0.273. The van der Waals surface area contributed by atoms with Crippen LogP contribution in [-0.2, 0) is 6.54 Å². The Labute approximate surface area is 113 Å². The molecule has 1 aromatic carbocycles. The van der Waals surface area contributed by atoms with Crippen LogP contribution in [0.25, 0.3) is 0 Å². The van der Waals surface area contributed by atoms with Crippen LogP contribution in [0.2, 0.25) is 0 Å². The monoisotopic (exact) mass is 284 g/mol. The van der Waals surface area contributed by atoms with Gasteiger partial charge < -0.3 is 15.2 Å². The van der Waals surface area contributed by atoms with Crippen LogP contribution in [0, 0.1) is 0 Å². The van der Waals surface area contributed by atoms with E-state index in [4.69, 9.17) is 10.5 Å². The molecule has 0 atom stereocenters. The standard InChI is InChI=1S/C13H11F3N2O2/c14-13(15,16)20-11-3-1-10(2-4-11)19-12-5-6-18-9(7-12)8-17/h1-7H,8,17H2. The largest absolute Gasteiger partial charge is 0.573 e. The number of hydrogen-bond donors (Lipinski definition) is 1. The third-order valence-corrected chi connectivity index (χ3v) is 2.29. The van der Waals surface area contributed by atoms with Crippen molar-refractivity contribution in [2.45, 2.75) is 12.9 Å². The van der Waals surface area contributed by atoms with Crippen molar-refractivity contribution in [3.8, 4) is 17.2 Å². The fourth-order valence-corrected chi connectivity index (χ4v) is 1.48. The molecule has 0 amide bonds. The summed E-state index contributed by atoms with van der Waals surface area (Å²) in [5.41, 5.74) is 6.10. The Morgan fingerprint density at radius 1 is 1.00 bits per heavy atom. The fourth-order valence-electron chi connectivity index (χ4n) is 1.48. The van der Waals surface area contributed by atoms with E-state index in [-0.39, 0.29) is 12.3 Å². The Hall–Kier alpha value is -2.28. The second-order valence-corrected chi connectivity index (χ2v) is 3.81. The van der Waals surface area contributed by atoms with Crippen molar-refractivity contribution >= 4 is 0 Å². The van der Waals surface area contributed by atoms with Gasteiger partial charge in [0.2, 0.25) is 0 Å². The zero-order chi connectivity index (χ0) is 14.6. The molecule has 1 heterocycles. The Morgan fingerprint density at radius 2 is 1.65 bits per heavy atom. The zero-order valence-electron chi connectivity index (χ0n) is 10.2. The summed E-state index contributed by atoms with van der Waals surface area (Å²) in [5.74, 6) is 0.584. The van der Waals surface area contributed by atoms with Crippen LogP contribution in [0.3, 0.4) is 0 Å². The number of rotatable bonds is 4. The smallest absolute Gasteiger partial charge is 0.457 e. The van der Waals surface area contributed by atoms with Gasteiger partial charge >= 0.3 is 6.36 Å². The maximum Gasteiger partial charge on any atom is 0.573 e. The summed E-state index contributed by atoms with van der Waals surface area (Å²) in [4.78, 5) is 4.00. The van der Waals surface area contributed by atoms with E-state index >= 15 is 0 Å². The van der Waals surface area contributed by atoms with Gasteiger partial charge in [-0.2, -0.15) is 0 Å². The highest BCUT2D eigenvalue weighted by molar-refractivity contribution is 5.35. The maximum atomic E-state index is 12.0. The highest BCUT2D eigenvalue weighted by Crippen LogP contribution is 2.27. The molecule has 0 aliphatic heterocycles. The highest BCUT2D eigenvalue weighted by Gasteiger charge is 2.30. The molecule has 106 valence electrons. The van der Waals surface area contributed by atoms with Gasteiger partial charge in [-0.1, -0.05) is 0 Å². The number of hydrogen-bond acceptors (Lipinski definition) is 4. The molecule has 2 rings (SSSR count). The van der Waals surface area contributed by atoms with Crippen LogP contribution in [0.5, 0.6) is 17.2 Å². The Balaban J connectivity index is 2.06. The molecular formula is C13H11F3N2O2. The lowest BCUT2D eigenvalue weighted by atomic mass is 10.3. The first kappa shape index (κ1) is 14.1. The average Bonchev–Trinajstić information content (AvgIpc) is 2.40. The fraction of sp³-hybridized carbons (Fsp3) is 0.154. The Morgan fingerprint density at radius 3 is 2.25 bits per heavy atom. The first-order chi connectivity index (χ1) is 9.46. The van der Waals surface area contributed by atoms with Crippen LogP contribution >= 0.6 is 0 Å². The second kappa shape index (κ2) is 5.79. The van der Waals surface area contributed by atoms with Crippen molar-refractivity contribution in [1.82, 2.24) is 4.98 Å². The van der Waals surface area contributed by atoms with Crippen molar-refractivity contribution in [2.24, 2.45) is 5.73 Å². The van der Waals surface area contributed by atoms with E-state index in [1.165, 1.54) is 24.3 Å². The topological polar surface area (TPSA) is 57.4 Å².